The van der Waals surface area contributed by atoms with Crippen LogP contribution < -0.4 is 10.2 Å². The molecule has 9 nitrogen and oxygen atoms in total. The molecule has 0 radical (unpaired) electrons. The van der Waals surface area contributed by atoms with Crippen LogP contribution in [0.5, 0.6) is 0 Å². The summed E-state index contributed by atoms with van der Waals surface area (Å²) in [6.45, 7) is 2.59. The first kappa shape index (κ1) is 19.1. The van der Waals surface area contributed by atoms with Crippen LogP contribution in [0.4, 0.5) is 23.0 Å². The number of nitro groups is 1. The van der Waals surface area contributed by atoms with E-state index in [9.17, 15) is 14.9 Å². The molecule has 0 amide bonds. The lowest BCUT2D eigenvalue weighted by atomic mass is 10.1. The average molecular weight is 359 g/mol. The van der Waals surface area contributed by atoms with Crippen molar-refractivity contribution in [2.75, 3.05) is 30.9 Å². The van der Waals surface area contributed by atoms with Crippen LogP contribution in [0.15, 0.2) is 30.6 Å². The second-order valence-electron chi connectivity index (χ2n) is 5.50. The first-order chi connectivity index (χ1) is 12.5. The second-order valence-corrected chi connectivity index (χ2v) is 5.50. The lowest BCUT2D eigenvalue weighted by molar-refractivity contribution is -0.383. The Bertz CT molecular complexity index is 796. The number of unbranched alkanes of at least 4 members (excludes halogenated alkanes) is 1. The van der Waals surface area contributed by atoms with Crippen LogP contribution in [0.25, 0.3) is 0 Å². The minimum absolute atomic E-state index is 0.0837. The van der Waals surface area contributed by atoms with Gasteiger partial charge in [0.15, 0.2) is 0 Å². The fourth-order valence-electron chi connectivity index (χ4n) is 2.46. The zero-order valence-electron chi connectivity index (χ0n) is 14.9. The van der Waals surface area contributed by atoms with E-state index in [1.165, 1.54) is 18.3 Å². The van der Waals surface area contributed by atoms with Crippen LogP contribution >= 0.6 is 0 Å². The Morgan fingerprint density at radius 3 is 2.73 bits per heavy atom. The van der Waals surface area contributed by atoms with E-state index in [0.717, 1.165) is 12.8 Å². The number of methoxy groups -OCH3 is 1. The number of ether oxygens (including phenoxy) is 1. The molecule has 1 aromatic heterocycles. The van der Waals surface area contributed by atoms with E-state index >= 15 is 0 Å². The third kappa shape index (κ3) is 4.05. The van der Waals surface area contributed by atoms with Gasteiger partial charge in [0.25, 0.3) is 0 Å². The first-order valence-electron chi connectivity index (χ1n) is 8.15. The fraction of sp³-hybridized carbons (Fsp3) is 0.353. The lowest BCUT2D eigenvalue weighted by Gasteiger charge is -2.21. The first-order valence-corrected chi connectivity index (χ1v) is 8.15. The number of benzene rings is 1. The molecule has 0 aliphatic heterocycles. The summed E-state index contributed by atoms with van der Waals surface area (Å²) in [7, 11) is 2.88. The zero-order chi connectivity index (χ0) is 19.1. The number of nitrogens with one attached hydrogen (secondary N) is 1. The normalized spacial score (nSPS) is 10.3. The van der Waals surface area contributed by atoms with Gasteiger partial charge in [0, 0.05) is 13.6 Å². The molecule has 1 heterocycles. The largest absolute Gasteiger partial charge is 0.465 e. The summed E-state index contributed by atoms with van der Waals surface area (Å²) in [5.74, 6) is -0.304. The number of aromatic nitrogens is 2. The van der Waals surface area contributed by atoms with E-state index in [-0.39, 0.29) is 22.9 Å². The van der Waals surface area contributed by atoms with Crippen molar-refractivity contribution in [2.45, 2.75) is 19.8 Å². The molecule has 138 valence electrons. The van der Waals surface area contributed by atoms with Crippen LogP contribution in [0.3, 0.4) is 0 Å². The maximum Gasteiger partial charge on any atom is 0.353 e. The Morgan fingerprint density at radius 1 is 1.35 bits per heavy atom. The number of nitrogens with zero attached hydrogens (tertiary/aromatic N) is 4. The van der Waals surface area contributed by atoms with Crippen LogP contribution in [0.1, 0.15) is 30.1 Å². The number of carbonyl (C=O) groups excluding carboxylic acids is 1. The molecule has 0 bridgehead atoms. The molecule has 1 aromatic carbocycles. The quantitative estimate of drug-likeness (QED) is 0.331. The molecule has 0 aliphatic rings. The summed E-state index contributed by atoms with van der Waals surface area (Å²) in [6, 6.07) is 6.68. The summed E-state index contributed by atoms with van der Waals surface area (Å²) in [4.78, 5) is 32.7. The molecule has 0 spiro atoms. The van der Waals surface area contributed by atoms with Crippen molar-refractivity contribution in [1.29, 1.82) is 0 Å². The van der Waals surface area contributed by atoms with Gasteiger partial charge in [-0.15, -0.1) is 0 Å². The van der Waals surface area contributed by atoms with Gasteiger partial charge in [0.2, 0.25) is 11.6 Å². The van der Waals surface area contributed by atoms with Gasteiger partial charge in [-0.05, 0) is 18.6 Å². The van der Waals surface area contributed by atoms with Crippen LogP contribution in [0.2, 0.25) is 0 Å². The van der Waals surface area contributed by atoms with Crippen molar-refractivity contribution in [3.63, 3.8) is 0 Å². The number of hydrogen-bond donors (Lipinski definition) is 1. The monoisotopic (exact) mass is 359 g/mol. The van der Waals surface area contributed by atoms with Crippen molar-refractivity contribution < 1.29 is 14.5 Å². The highest BCUT2D eigenvalue weighted by Crippen LogP contribution is 2.36. The molecule has 0 fully saturated rings. The molecule has 0 unspecified atom stereocenters. The second kappa shape index (κ2) is 8.75. The summed E-state index contributed by atoms with van der Waals surface area (Å²) in [5.41, 5.74) is 0.484. The Kier molecular flexibility index (Phi) is 6.42. The van der Waals surface area contributed by atoms with Crippen molar-refractivity contribution in [3.8, 4) is 0 Å². The molecule has 26 heavy (non-hydrogen) atoms. The summed E-state index contributed by atoms with van der Waals surface area (Å²) < 4.78 is 4.79. The Morgan fingerprint density at radius 2 is 2.08 bits per heavy atom. The highest BCUT2D eigenvalue weighted by atomic mass is 16.6. The van der Waals surface area contributed by atoms with E-state index in [0.29, 0.717) is 12.2 Å². The molecule has 9 heteroatoms. The van der Waals surface area contributed by atoms with Gasteiger partial charge in [-0.3, -0.25) is 10.1 Å². The Hall–Kier alpha value is -3.23. The van der Waals surface area contributed by atoms with E-state index in [1.54, 1.807) is 31.3 Å². The van der Waals surface area contributed by atoms with Crippen molar-refractivity contribution in [2.24, 2.45) is 0 Å². The standard InChI is InChI=1S/C17H21N5O4/c1-4-5-10-18-15-14(22(24)25)16(20-11-19-15)21(2)13-9-7-6-8-12(13)17(23)26-3/h6-9,11H,4-5,10H2,1-3H3,(H,18,19,20). The van der Waals surface area contributed by atoms with Crippen LogP contribution in [-0.2, 0) is 4.74 Å². The topological polar surface area (TPSA) is 110 Å². The van der Waals surface area contributed by atoms with Gasteiger partial charge >= 0.3 is 11.7 Å². The molecule has 2 aromatic rings. The number of carbonyl (C=O) groups is 1. The van der Waals surface area contributed by atoms with Gasteiger partial charge < -0.3 is 15.0 Å². The van der Waals surface area contributed by atoms with Crippen LogP contribution in [0, 0.1) is 10.1 Å². The van der Waals surface area contributed by atoms with Gasteiger partial charge in [0.05, 0.1) is 23.3 Å². The molecule has 1 N–H and O–H groups in total. The highest BCUT2D eigenvalue weighted by molar-refractivity contribution is 5.97. The predicted octanol–water partition coefficient (Wildman–Crippen LogP) is 3.15. The van der Waals surface area contributed by atoms with E-state index in [4.69, 9.17) is 4.74 Å². The van der Waals surface area contributed by atoms with Gasteiger partial charge in [0.1, 0.15) is 6.33 Å². The van der Waals surface area contributed by atoms with Gasteiger partial charge in [-0.25, -0.2) is 14.8 Å². The maximum absolute atomic E-state index is 12.0. The third-order valence-electron chi connectivity index (χ3n) is 3.80. The van der Waals surface area contributed by atoms with E-state index in [2.05, 4.69) is 15.3 Å². The number of para-hydroxylation sites is 1. The third-order valence-corrected chi connectivity index (χ3v) is 3.80. The summed E-state index contributed by atoms with van der Waals surface area (Å²) in [6.07, 6.45) is 3.07. The minimum atomic E-state index is -0.537. The maximum atomic E-state index is 12.0. The number of esters is 1. The van der Waals surface area contributed by atoms with Crippen LogP contribution in [-0.4, -0.2) is 41.6 Å². The molecule has 2 rings (SSSR count). The molecule has 0 aliphatic carbocycles. The Labute approximate surface area is 151 Å². The molecule has 0 atom stereocenters. The molecular weight excluding hydrogens is 338 g/mol. The van der Waals surface area contributed by atoms with Crippen molar-refractivity contribution in [1.82, 2.24) is 9.97 Å². The Balaban J connectivity index is 2.50. The van der Waals surface area contributed by atoms with Crippen molar-refractivity contribution >= 4 is 29.0 Å². The van der Waals surface area contributed by atoms with Crippen molar-refractivity contribution in [3.05, 3.63) is 46.3 Å². The number of anilines is 3. The smallest absolute Gasteiger partial charge is 0.353 e. The average Bonchev–Trinajstić information content (AvgIpc) is 2.66. The predicted molar refractivity (Wildman–Crippen MR) is 97.9 cm³/mol. The van der Waals surface area contributed by atoms with Gasteiger partial charge in [-0.1, -0.05) is 25.5 Å². The minimum Gasteiger partial charge on any atom is -0.465 e. The summed E-state index contributed by atoms with van der Waals surface area (Å²) in [5, 5.41) is 14.6. The number of rotatable bonds is 8. The lowest BCUT2D eigenvalue weighted by Crippen LogP contribution is -2.18. The van der Waals surface area contributed by atoms with Gasteiger partial charge in [-0.2, -0.15) is 0 Å². The number of hydrogen-bond acceptors (Lipinski definition) is 8. The fourth-order valence-corrected chi connectivity index (χ4v) is 2.46. The summed E-state index contributed by atoms with van der Waals surface area (Å²) >= 11 is 0. The molecule has 0 saturated carbocycles. The highest BCUT2D eigenvalue weighted by Gasteiger charge is 2.27. The SMILES string of the molecule is CCCCNc1ncnc(N(C)c2ccccc2C(=O)OC)c1[N+](=O)[O-]. The zero-order valence-corrected chi connectivity index (χ0v) is 14.9. The van der Waals surface area contributed by atoms with E-state index < -0.39 is 10.9 Å². The molecular formula is C17H21N5O4. The molecule has 0 saturated heterocycles. The van der Waals surface area contributed by atoms with E-state index in [1.807, 2.05) is 6.92 Å².